The molecule has 2 spiro atoms. The van der Waals surface area contributed by atoms with Crippen LogP contribution in [-0.4, -0.2) is 70.9 Å². The van der Waals surface area contributed by atoms with Gasteiger partial charge in [-0.1, -0.05) is 34.6 Å². The van der Waals surface area contributed by atoms with Gasteiger partial charge < -0.3 is 29.7 Å². The summed E-state index contributed by atoms with van der Waals surface area (Å²) in [4.78, 5) is 24.9. The third kappa shape index (κ3) is 3.89. The second kappa shape index (κ2) is 9.67. The van der Waals surface area contributed by atoms with E-state index >= 15 is 0 Å². The Balaban J connectivity index is 1.16. The van der Waals surface area contributed by atoms with Crippen molar-refractivity contribution in [2.75, 3.05) is 6.54 Å². The molecule has 14 atom stereocenters. The van der Waals surface area contributed by atoms with Crippen LogP contribution in [0.2, 0.25) is 0 Å². The maximum absolute atomic E-state index is 12.9. The zero-order chi connectivity index (χ0) is 31.8. The number of aliphatic hydroxyl groups excluding tert-OH is 1. The van der Waals surface area contributed by atoms with Gasteiger partial charge in [0.1, 0.15) is 12.1 Å². The van der Waals surface area contributed by atoms with Gasteiger partial charge >= 0.3 is 11.9 Å². The molecule has 5 aliphatic carbocycles. The van der Waals surface area contributed by atoms with Crippen LogP contribution >= 0.6 is 0 Å². The van der Waals surface area contributed by atoms with Crippen LogP contribution in [0.25, 0.3) is 0 Å². The number of carbonyl (C=O) groups excluding carboxylic acids is 2. The molecule has 3 N–H and O–H groups in total. The van der Waals surface area contributed by atoms with E-state index in [-0.39, 0.29) is 63.1 Å². The molecular weight excluding hydrogens is 558 g/mol. The molecule has 0 aromatic rings. The van der Waals surface area contributed by atoms with Crippen molar-refractivity contribution in [2.45, 2.75) is 155 Å². The molecule has 0 aromatic carbocycles. The van der Waals surface area contributed by atoms with Crippen molar-refractivity contribution >= 4 is 11.9 Å². The lowest BCUT2D eigenvalue weighted by Crippen LogP contribution is -2.60. The summed E-state index contributed by atoms with van der Waals surface area (Å²) < 4.78 is 18.7. The SMILES string of the molecule is CC(=O)O[C@@H](C1C[C@@H](C)[C@H]2C(O1)[C@H](O)[C@@]1(C)C3CC[C@H]4C(C)(C)C(OC(=O)[C@@H]5CCN5)CC[C@@]45C[C@@]35CC[C@]21C)C(C)(C)O. The summed E-state index contributed by atoms with van der Waals surface area (Å²) in [7, 11) is 0. The van der Waals surface area contributed by atoms with Crippen molar-refractivity contribution in [3.63, 3.8) is 0 Å². The first kappa shape index (κ1) is 31.4. The number of rotatable bonds is 5. The zero-order valence-electron chi connectivity index (χ0n) is 28.3. The summed E-state index contributed by atoms with van der Waals surface area (Å²) in [6.45, 7) is 17.4. The van der Waals surface area contributed by atoms with Crippen molar-refractivity contribution in [2.24, 2.45) is 50.7 Å². The zero-order valence-corrected chi connectivity index (χ0v) is 28.3. The van der Waals surface area contributed by atoms with Crippen LogP contribution in [0.3, 0.4) is 0 Å². The number of ether oxygens (including phenoxy) is 3. The fraction of sp³-hybridized carbons (Fsp3) is 0.944. The van der Waals surface area contributed by atoms with E-state index in [4.69, 9.17) is 14.2 Å². The Labute approximate surface area is 263 Å². The topological polar surface area (TPSA) is 114 Å². The number of esters is 2. The number of nitrogens with one attached hydrogen (secondary N) is 1. The van der Waals surface area contributed by atoms with Crippen LogP contribution in [0.15, 0.2) is 0 Å². The average Bonchev–Trinajstić information content (AvgIpc) is 3.52. The van der Waals surface area contributed by atoms with Gasteiger partial charge in [-0.15, -0.1) is 0 Å². The van der Waals surface area contributed by atoms with Crippen LogP contribution in [0, 0.1) is 50.7 Å². The lowest BCUT2D eigenvalue weighted by molar-refractivity contribution is -0.216. The van der Waals surface area contributed by atoms with E-state index < -0.39 is 29.9 Å². The summed E-state index contributed by atoms with van der Waals surface area (Å²) in [6, 6.07) is -0.134. The van der Waals surface area contributed by atoms with Gasteiger partial charge in [0.25, 0.3) is 0 Å². The summed E-state index contributed by atoms with van der Waals surface area (Å²) in [5, 5.41) is 26.7. The monoisotopic (exact) mass is 615 g/mol. The minimum absolute atomic E-state index is 0.0428. The molecule has 8 nitrogen and oxygen atoms in total. The fourth-order valence-corrected chi connectivity index (χ4v) is 13.3. The second-order valence-electron chi connectivity index (χ2n) is 18.0. The number of hydrogen-bond acceptors (Lipinski definition) is 8. The third-order valence-corrected chi connectivity index (χ3v) is 15.5. The fourth-order valence-electron chi connectivity index (χ4n) is 13.3. The van der Waals surface area contributed by atoms with E-state index in [0.717, 1.165) is 45.1 Å². The standard InChI is InChI=1S/C36H57NO7/c1-19-17-22(29(32(5,6)41)42-20(2)38)43-27-26(19)33(7)14-15-36-18-35(36)13-11-25(44-30(40)21-12-16-37-21)31(3,4)23(35)9-10-24(36)34(33,8)28(27)39/h19,21-29,37,39,41H,9-18H2,1-8H3/t19-,21+,22?,23+,24?,25?,26+,27?,28+,29+,33-,34-,35-,36+/m1/s1. The average molecular weight is 616 g/mol. The highest BCUT2D eigenvalue weighted by Gasteiger charge is 2.84. The maximum Gasteiger partial charge on any atom is 0.323 e. The lowest BCUT2D eigenvalue weighted by Gasteiger charge is -2.63. The van der Waals surface area contributed by atoms with Crippen molar-refractivity contribution < 1.29 is 34.0 Å². The van der Waals surface area contributed by atoms with Crippen LogP contribution in [-0.2, 0) is 23.8 Å². The molecule has 2 heterocycles. The smallest absolute Gasteiger partial charge is 0.323 e. The van der Waals surface area contributed by atoms with Gasteiger partial charge in [-0.25, -0.2) is 0 Å². The van der Waals surface area contributed by atoms with E-state index in [1.54, 1.807) is 13.8 Å². The summed E-state index contributed by atoms with van der Waals surface area (Å²) in [5.41, 5.74) is -1.24. The van der Waals surface area contributed by atoms with Crippen molar-refractivity contribution in [3.8, 4) is 0 Å². The third-order valence-electron chi connectivity index (χ3n) is 15.5. The van der Waals surface area contributed by atoms with Gasteiger partial charge in [-0.2, -0.15) is 0 Å². The Morgan fingerprint density at radius 3 is 2.27 bits per heavy atom. The second-order valence-corrected chi connectivity index (χ2v) is 18.0. The van der Waals surface area contributed by atoms with E-state index in [1.165, 1.54) is 19.8 Å². The molecule has 0 amide bonds. The highest BCUT2D eigenvalue weighted by molar-refractivity contribution is 5.77. The van der Waals surface area contributed by atoms with Crippen molar-refractivity contribution in [1.29, 1.82) is 0 Å². The Bertz CT molecular complexity index is 1210. The molecule has 7 aliphatic rings. The van der Waals surface area contributed by atoms with Crippen molar-refractivity contribution in [3.05, 3.63) is 0 Å². The van der Waals surface area contributed by atoms with Gasteiger partial charge in [0.2, 0.25) is 0 Å². The number of aliphatic hydroxyl groups is 2. The van der Waals surface area contributed by atoms with Gasteiger partial charge in [0, 0.05) is 17.8 Å². The van der Waals surface area contributed by atoms with Crippen LogP contribution in [0.1, 0.15) is 113 Å². The summed E-state index contributed by atoms with van der Waals surface area (Å²) in [6.07, 6.45) is 7.00. The first-order chi connectivity index (χ1) is 20.4. The molecule has 248 valence electrons. The Kier molecular flexibility index (Phi) is 6.89. The first-order valence-corrected chi connectivity index (χ1v) is 17.6. The molecule has 0 radical (unpaired) electrons. The summed E-state index contributed by atoms with van der Waals surface area (Å²) >= 11 is 0. The van der Waals surface area contributed by atoms with Crippen LogP contribution in [0.4, 0.5) is 0 Å². The first-order valence-electron chi connectivity index (χ1n) is 17.6. The van der Waals surface area contributed by atoms with Crippen LogP contribution in [0.5, 0.6) is 0 Å². The highest BCUT2D eigenvalue weighted by Crippen LogP contribution is 2.89. The van der Waals surface area contributed by atoms with Gasteiger partial charge in [-0.05, 0) is 118 Å². The van der Waals surface area contributed by atoms with Crippen molar-refractivity contribution in [1.82, 2.24) is 5.32 Å². The molecule has 0 bridgehead atoms. The molecule has 44 heavy (non-hydrogen) atoms. The normalized spacial score (nSPS) is 52.5. The number of carbonyl (C=O) groups is 2. The minimum atomic E-state index is -1.26. The minimum Gasteiger partial charge on any atom is -0.461 e. The van der Waals surface area contributed by atoms with E-state index in [1.807, 2.05) is 0 Å². The van der Waals surface area contributed by atoms with Gasteiger partial charge in [0.05, 0.1) is 23.9 Å². The molecular formula is C36H57NO7. The van der Waals surface area contributed by atoms with E-state index in [9.17, 15) is 19.8 Å². The largest absolute Gasteiger partial charge is 0.461 e. The Morgan fingerprint density at radius 2 is 1.66 bits per heavy atom. The van der Waals surface area contributed by atoms with Gasteiger partial charge in [-0.3, -0.25) is 9.59 Å². The lowest BCUT2D eigenvalue weighted by atomic mass is 9.41. The molecule has 2 aliphatic heterocycles. The van der Waals surface area contributed by atoms with Gasteiger partial charge in [0.15, 0.2) is 6.10 Å². The predicted molar refractivity (Wildman–Crippen MR) is 164 cm³/mol. The summed E-state index contributed by atoms with van der Waals surface area (Å²) in [5.74, 6) is 0.877. The van der Waals surface area contributed by atoms with E-state index in [2.05, 4.69) is 39.9 Å². The number of hydrogen-bond donors (Lipinski definition) is 3. The number of fused-ring (bicyclic) bond motifs is 4. The molecule has 7 fully saturated rings. The molecule has 5 saturated carbocycles. The van der Waals surface area contributed by atoms with Crippen LogP contribution < -0.4 is 5.32 Å². The molecule has 7 rings (SSSR count). The Hall–Kier alpha value is -1.22. The Morgan fingerprint density at radius 1 is 1.00 bits per heavy atom. The van der Waals surface area contributed by atoms with E-state index in [0.29, 0.717) is 18.3 Å². The predicted octanol–water partition coefficient (Wildman–Crippen LogP) is 4.78. The highest BCUT2D eigenvalue weighted by atomic mass is 16.6. The quantitative estimate of drug-likeness (QED) is 0.379. The maximum atomic E-state index is 12.9. The molecule has 4 unspecified atom stereocenters. The molecule has 0 aromatic heterocycles. The molecule has 8 heteroatoms. The molecule has 2 saturated heterocycles.